The van der Waals surface area contributed by atoms with Crippen molar-refractivity contribution in [1.82, 2.24) is 25.6 Å². The normalized spacial score (nSPS) is 12.7. The molecule has 168 valence electrons. The van der Waals surface area contributed by atoms with Crippen LogP contribution in [0.15, 0.2) is 6.20 Å². The number of carboxylic acids is 3. The molecule has 12 nitrogen and oxygen atoms in total. The minimum Gasteiger partial charge on any atom is -0.481 e. The topological polar surface area (TPSA) is 184 Å². The Hall–Kier alpha value is -3.25. The van der Waals surface area contributed by atoms with E-state index < -0.39 is 49.1 Å². The first-order valence-electron chi connectivity index (χ1n) is 9.42. The maximum atomic E-state index is 12.2. The monoisotopic (exact) mass is 431 g/mol. The lowest BCUT2D eigenvalue weighted by Crippen LogP contribution is -2.51. The number of alkyl halides is 1. The van der Waals surface area contributed by atoms with Gasteiger partial charge in [0.2, 0.25) is 0 Å². The summed E-state index contributed by atoms with van der Waals surface area (Å²) in [4.78, 5) is 44.9. The van der Waals surface area contributed by atoms with Crippen molar-refractivity contribution < 1.29 is 38.9 Å². The second kappa shape index (κ2) is 13.1. The minimum atomic E-state index is -1.45. The molecule has 0 bridgehead atoms. The summed E-state index contributed by atoms with van der Waals surface area (Å²) in [5.41, 5.74) is 0.672. The quantitative estimate of drug-likeness (QED) is 0.246. The molecule has 0 aliphatic heterocycles. The van der Waals surface area contributed by atoms with Gasteiger partial charge in [-0.05, 0) is 38.5 Å². The molecule has 1 unspecified atom stereocenters. The third-order valence-corrected chi connectivity index (χ3v) is 4.14. The van der Waals surface area contributed by atoms with Gasteiger partial charge >= 0.3 is 23.9 Å². The summed E-state index contributed by atoms with van der Waals surface area (Å²) in [6, 6.07) is -3.70. The number of rotatable bonds is 15. The van der Waals surface area contributed by atoms with E-state index in [0.717, 1.165) is 0 Å². The predicted octanol–water partition coefficient (Wildman–Crippen LogP) is 0.421. The summed E-state index contributed by atoms with van der Waals surface area (Å²) in [6.45, 7) is 0.0359. The largest absolute Gasteiger partial charge is 0.481 e. The average Bonchev–Trinajstić information content (AvgIpc) is 3.12. The number of carbonyl (C=O) groups is 4. The number of halogens is 1. The van der Waals surface area contributed by atoms with E-state index in [2.05, 4.69) is 20.9 Å². The van der Waals surface area contributed by atoms with Gasteiger partial charge in [0.05, 0.1) is 12.4 Å². The number of aromatic nitrogens is 3. The predicted molar refractivity (Wildman–Crippen MR) is 99.6 cm³/mol. The van der Waals surface area contributed by atoms with E-state index >= 15 is 0 Å². The molecule has 0 saturated heterocycles. The van der Waals surface area contributed by atoms with Crippen LogP contribution in [-0.4, -0.2) is 73.0 Å². The SMILES string of the molecule is O=C(O)CC[C@H](NC(=O)NC(CCCCn1cc(CCCF)nn1)C(=O)O)C(=O)O. The van der Waals surface area contributed by atoms with Gasteiger partial charge in [-0.1, -0.05) is 5.21 Å². The molecular formula is C17H26FN5O7. The summed E-state index contributed by atoms with van der Waals surface area (Å²) in [7, 11) is 0. The van der Waals surface area contributed by atoms with Crippen LogP contribution in [-0.2, 0) is 27.3 Å². The van der Waals surface area contributed by atoms with Gasteiger partial charge in [0.25, 0.3) is 0 Å². The number of carboxylic acid groups (broad SMARTS) is 3. The van der Waals surface area contributed by atoms with Crippen LogP contribution >= 0.6 is 0 Å². The van der Waals surface area contributed by atoms with Crippen LogP contribution in [0, 0.1) is 0 Å². The standard InChI is InChI=1S/C17H26FN5O7/c18-8-3-4-11-10-23(22-21-11)9-2-1-5-12(15(26)27)19-17(30)20-13(16(28)29)6-7-14(24)25/h10,12-13H,1-9H2,(H,24,25)(H,26,27)(H,28,29)(H2,19,20,30)/t12?,13-/m0/s1. The maximum Gasteiger partial charge on any atom is 0.326 e. The summed E-state index contributed by atoms with van der Waals surface area (Å²) in [5.74, 6) is -3.91. The number of hydrogen-bond donors (Lipinski definition) is 5. The van der Waals surface area contributed by atoms with Gasteiger partial charge in [-0.2, -0.15) is 0 Å². The molecule has 30 heavy (non-hydrogen) atoms. The molecule has 5 N–H and O–H groups in total. The zero-order valence-corrected chi connectivity index (χ0v) is 16.3. The minimum absolute atomic E-state index is 0.0963. The fraction of sp³-hybridized carbons (Fsp3) is 0.647. The third-order valence-electron chi connectivity index (χ3n) is 4.14. The molecule has 1 aromatic rings. The number of amides is 2. The average molecular weight is 431 g/mol. The fourth-order valence-corrected chi connectivity index (χ4v) is 2.57. The summed E-state index contributed by atoms with van der Waals surface area (Å²) in [5, 5.41) is 38.9. The number of carbonyl (C=O) groups excluding carboxylic acids is 1. The van der Waals surface area contributed by atoms with Crippen LogP contribution in [0.3, 0.4) is 0 Å². The van der Waals surface area contributed by atoms with Crippen molar-refractivity contribution in [2.45, 2.75) is 63.6 Å². The number of unbranched alkanes of at least 4 members (excludes halogenated alkanes) is 1. The summed E-state index contributed by atoms with van der Waals surface area (Å²) in [6.07, 6.45) is 2.83. The number of hydrogen-bond acceptors (Lipinski definition) is 6. The van der Waals surface area contributed by atoms with Gasteiger partial charge in [-0.15, -0.1) is 5.10 Å². The van der Waals surface area contributed by atoms with Gasteiger partial charge in [0.15, 0.2) is 0 Å². The van der Waals surface area contributed by atoms with Crippen LogP contribution in [0.2, 0.25) is 0 Å². The highest BCUT2D eigenvalue weighted by atomic mass is 19.1. The van der Waals surface area contributed by atoms with Crippen molar-refractivity contribution in [3.63, 3.8) is 0 Å². The number of nitrogens with zero attached hydrogens (tertiary/aromatic N) is 3. The van der Waals surface area contributed by atoms with Crippen LogP contribution < -0.4 is 10.6 Å². The summed E-state index contributed by atoms with van der Waals surface area (Å²) < 4.78 is 13.7. The first-order chi connectivity index (χ1) is 14.2. The van der Waals surface area contributed by atoms with E-state index in [-0.39, 0.29) is 12.8 Å². The number of aliphatic carboxylic acids is 3. The Labute approximate surface area is 171 Å². The molecule has 0 aliphatic carbocycles. The molecular weight excluding hydrogens is 405 g/mol. The smallest absolute Gasteiger partial charge is 0.326 e. The first-order valence-corrected chi connectivity index (χ1v) is 9.42. The molecule has 2 amide bonds. The van der Waals surface area contributed by atoms with E-state index in [1.807, 2.05) is 0 Å². The van der Waals surface area contributed by atoms with Crippen molar-refractivity contribution in [1.29, 1.82) is 0 Å². The third kappa shape index (κ3) is 9.80. The Morgan fingerprint density at radius 2 is 1.63 bits per heavy atom. The number of nitrogens with one attached hydrogen (secondary N) is 2. The van der Waals surface area contributed by atoms with Gasteiger partial charge in [-0.3, -0.25) is 13.9 Å². The molecule has 0 aromatic carbocycles. The first kappa shape index (κ1) is 24.8. The lowest BCUT2D eigenvalue weighted by atomic mass is 10.1. The van der Waals surface area contributed by atoms with Crippen LogP contribution in [0.25, 0.3) is 0 Å². The van der Waals surface area contributed by atoms with Gasteiger partial charge in [-0.25, -0.2) is 14.4 Å². The molecule has 1 heterocycles. The van der Waals surface area contributed by atoms with E-state index in [0.29, 0.717) is 37.9 Å². The van der Waals surface area contributed by atoms with Crippen LogP contribution in [0.4, 0.5) is 9.18 Å². The molecule has 1 aromatic heterocycles. The van der Waals surface area contributed by atoms with E-state index in [4.69, 9.17) is 10.2 Å². The Morgan fingerprint density at radius 1 is 1.00 bits per heavy atom. The lowest BCUT2D eigenvalue weighted by Gasteiger charge is -2.18. The van der Waals surface area contributed by atoms with Crippen LogP contribution in [0.5, 0.6) is 0 Å². The Morgan fingerprint density at radius 3 is 2.20 bits per heavy atom. The number of aryl methyl sites for hydroxylation is 2. The van der Waals surface area contributed by atoms with Gasteiger partial charge in [0, 0.05) is 19.2 Å². The van der Waals surface area contributed by atoms with Crippen molar-refractivity contribution in [3.8, 4) is 0 Å². The second-order valence-corrected chi connectivity index (χ2v) is 6.59. The molecule has 0 saturated carbocycles. The second-order valence-electron chi connectivity index (χ2n) is 6.59. The van der Waals surface area contributed by atoms with Gasteiger partial charge < -0.3 is 26.0 Å². The zero-order valence-electron chi connectivity index (χ0n) is 16.3. The van der Waals surface area contributed by atoms with Crippen molar-refractivity contribution in [3.05, 3.63) is 11.9 Å². The lowest BCUT2D eigenvalue weighted by molar-refractivity contribution is -0.140. The highest BCUT2D eigenvalue weighted by molar-refractivity contribution is 5.86. The maximum absolute atomic E-state index is 12.2. The Balaban J connectivity index is 2.43. The molecule has 1 rings (SSSR count). The van der Waals surface area contributed by atoms with E-state index in [1.54, 1.807) is 10.9 Å². The van der Waals surface area contributed by atoms with Crippen molar-refractivity contribution in [2.75, 3.05) is 6.67 Å². The number of urea groups is 1. The van der Waals surface area contributed by atoms with Crippen LogP contribution in [0.1, 0.15) is 44.2 Å². The van der Waals surface area contributed by atoms with Gasteiger partial charge in [0.1, 0.15) is 12.1 Å². The molecule has 0 radical (unpaired) electrons. The highest BCUT2D eigenvalue weighted by Crippen LogP contribution is 2.06. The van der Waals surface area contributed by atoms with Crippen molar-refractivity contribution >= 4 is 23.9 Å². The van der Waals surface area contributed by atoms with E-state index in [1.165, 1.54) is 0 Å². The fourth-order valence-electron chi connectivity index (χ4n) is 2.57. The molecule has 0 fully saturated rings. The zero-order chi connectivity index (χ0) is 22.5. The molecule has 0 aliphatic rings. The molecule has 0 spiro atoms. The molecule has 13 heteroatoms. The Bertz CT molecular complexity index is 727. The Kier molecular flexibility index (Phi) is 10.8. The van der Waals surface area contributed by atoms with E-state index in [9.17, 15) is 28.7 Å². The molecule has 2 atom stereocenters. The van der Waals surface area contributed by atoms with Crippen molar-refractivity contribution in [2.24, 2.45) is 0 Å². The summed E-state index contributed by atoms with van der Waals surface area (Å²) >= 11 is 0. The highest BCUT2D eigenvalue weighted by Gasteiger charge is 2.24.